The summed E-state index contributed by atoms with van der Waals surface area (Å²) in [6.07, 6.45) is 1.38. The Morgan fingerprint density at radius 1 is 1.42 bits per heavy atom. The van der Waals surface area contributed by atoms with Crippen LogP contribution in [0.1, 0.15) is 0 Å². The van der Waals surface area contributed by atoms with Crippen molar-refractivity contribution in [2.45, 2.75) is 0 Å². The van der Waals surface area contributed by atoms with E-state index in [2.05, 4.69) is 11.8 Å². The minimum atomic E-state index is 0.523. The molecule has 12 heavy (non-hydrogen) atoms. The van der Waals surface area contributed by atoms with Crippen LogP contribution in [0, 0.1) is 5.21 Å². The highest BCUT2D eigenvalue weighted by Gasteiger charge is 2.15. The summed E-state index contributed by atoms with van der Waals surface area (Å²) in [6.45, 7) is 3.69. The predicted octanol–water partition coefficient (Wildman–Crippen LogP) is 1.29. The minimum absolute atomic E-state index is 0.523. The van der Waals surface area contributed by atoms with Gasteiger partial charge in [-0.25, -0.2) is 9.75 Å². The van der Waals surface area contributed by atoms with Gasteiger partial charge in [0.05, 0.1) is 6.72 Å². The number of hydrogen-bond acceptors (Lipinski definition) is 3. The molecule has 60 valence electrons. The average molecular weight is 161 g/mol. The lowest BCUT2D eigenvalue weighted by Crippen LogP contribution is -2.17. The standard InChI is InChI=1S/C8H7N3O/c1-10-6-9-11(12)8-5-3-2-4-7(8)10/h2-6H,1H2. The van der Waals surface area contributed by atoms with Crippen LogP contribution in [0.3, 0.4) is 0 Å². The number of rotatable bonds is 0. The minimum Gasteiger partial charge on any atom is -0.718 e. The quantitative estimate of drug-likeness (QED) is 0.538. The number of para-hydroxylation sites is 2. The van der Waals surface area contributed by atoms with Gasteiger partial charge in [0.15, 0.2) is 5.69 Å². The van der Waals surface area contributed by atoms with Crippen molar-refractivity contribution in [3.8, 4) is 0 Å². The topological polar surface area (TPSA) is 41.7 Å². The van der Waals surface area contributed by atoms with Crippen molar-refractivity contribution in [3.63, 3.8) is 0 Å². The van der Waals surface area contributed by atoms with Crippen LogP contribution in [0.4, 0.5) is 11.4 Å². The molecule has 0 atom stereocenters. The molecular formula is C8H7N3O. The maximum Gasteiger partial charge on any atom is 0.315 e. The van der Waals surface area contributed by atoms with Gasteiger partial charge >= 0.3 is 6.34 Å². The summed E-state index contributed by atoms with van der Waals surface area (Å²) in [5.74, 6) is 0. The lowest BCUT2D eigenvalue weighted by atomic mass is 10.2. The first-order chi connectivity index (χ1) is 5.79. The number of benzene rings is 1. The molecule has 0 amide bonds. The van der Waals surface area contributed by atoms with E-state index in [1.54, 1.807) is 16.7 Å². The molecule has 1 aliphatic rings. The second-order valence-corrected chi connectivity index (χ2v) is 2.46. The first kappa shape index (κ1) is 7.00. The smallest absolute Gasteiger partial charge is 0.315 e. The van der Waals surface area contributed by atoms with E-state index in [0.717, 1.165) is 5.69 Å². The highest BCUT2D eigenvalue weighted by atomic mass is 16.5. The lowest BCUT2D eigenvalue weighted by Gasteiger charge is -2.21. The third-order valence-corrected chi connectivity index (χ3v) is 1.69. The fraction of sp³-hybridized carbons (Fsp3) is 0. The second kappa shape index (κ2) is 2.42. The summed E-state index contributed by atoms with van der Waals surface area (Å²) >= 11 is 0. The fourth-order valence-electron chi connectivity index (χ4n) is 1.10. The number of fused-ring (bicyclic) bond motifs is 1. The Balaban J connectivity index is 2.61. The van der Waals surface area contributed by atoms with Gasteiger partial charge in [0.25, 0.3) is 0 Å². The van der Waals surface area contributed by atoms with Gasteiger partial charge in [0, 0.05) is 5.10 Å². The zero-order chi connectivity index (χ0) is 8.55. The molecule has 0 aliphatic carbocycles. The third-order valence-electron chi connectivity index (χ3n) is 1.69. The number of nitrogens with zero attached hydrogens (tertiary/aromatic N) is 3. The van der Waals surface area contributed by atoms with E-state index in [-0.39, 0.29) is 0 Å². The molecular weight excluding hydrogens is 154 g/mol. The maximum absolute atomic E-state index is 11.1. The molecule has 0 spiro atoms. The van der Waals surface area contributed by atoms with Crippen LogP contribution >= 0.6 is 0 Å². The van der Waals surface area contributed by atoms with Crippen molar-refractivity contribution in [1.29, 1.82) is 0 Å². The van der Waals surface area contributed by atoms with Crippen molar-refractivity contribution >= 4 is 24.4 Å². The molecule has 0 unspecified atom stereocenters. The Morgan fingerprint density at radius 3 is 2.92 bits per heavy atom. The summed E-state index contributed by atoms with van der Waals surface area (Å²) < 4.78 is 1.56. The van der Waals surface area contributed by atoms with Crippen molar-refractivity contribution in [2.75, 3.05) is 5.17 Å². The van der Waals surface area contributed by atoms with Crippen LogP contribution in [-0.4, -0.2) is 17.6 Å². The summed E-state index contributed by atoms with van der Waals surface area (Å²) in [6, 6.07) is 7.16. The first-order valence-electron chi connectivity index (χ1n) is 3.49. The molecule has 1 heterocycles. The normalized spacial score (nSPS) is 14.8. The zero-order valence-corrected chi connectivity index (χ0v) is 6.34. The molecule has 4 nitrogen and oxygen atoms in total. The second-order valence-electron chi connectivity index (χ2n) is 2.46. The van der Waals surface area contributed by atoms with Crippen LogP contribution in [0.5, 0.6) is 0 Å². The SMILES string of the molecule is C=[N+]1C=NN([O-])c2ccccc21. The van der Waals surface area contributed by atoms with Crippen molar-refractivity contribution in [2.24, 2.45) is 5.10 Å². The predicted molar refractivity (Wildman–Crippen MR) is 47.8 cm³/mol. The van der Waals surface area contributed by atoms with Gasteiger partial charge < -0.3 is 5.21 Å². The van der Waals surface area contributed by atoms with Crippen LogP contribution in [-0.2, 0) is 0 Å². The molecule has 4 heteroatoms. The van der Waals surface area contributed by atoms with E-state index >= 15 is 0 Å². The molecule has 0 aromatic heterocycles. The summed E-state index contributed by atoms with van der Waals surface area (Å²) in [4.78, 5) is 0. The van der Waals surface area contributed by atoms with E-state index in [9.17, 15) is 5.21 Å². The van der Waals surface area contributed by atoms with Gasteiger partial charge in [-0.3, -0.25) is 0 Å². The Kier molecular flexibility index (Phi) is 1.41. The monoisotopic (exact) mass is 161 g/mol. The van der Waals surface area contributed by atoms with Gasteiger partial charge in [-0.05, 0) is 12.1 Å². The van der Waals surface area contributed by atoms with E-state index in [4.69, 9.17) is 0 Å². The van der Waals surface area contributed by atoms with Gasteiger partial charge in [0.2, 0.25) is 0 Å². The highest BCUT2D eigenvalue weighted by molar-refractivity contribution is 5.72. The van der Waals surface area contributed by atoms with Gasteiger partial charge in [-0.1, -0.05) is 12.1 Å². The molecule has 0 saturated carbocycles. The number of anilines is 1. The Morgan fingerprint density at radius 2 is 2.17 bits per heavy atom. The van der Waals surface area contributed by atoms with Crippen molar-refractivity contribution in [1.82, 2.24) is 0 Å². The highest BCUT2D eigenvalue weighted by Crippen LogP contribution is 2.28. The van der Waals surface area contributed by atoms with Crippen molar-refractivity contribution < 1.29 is 4.58 Å². The van der Waals surface area contributed by atoms with E-state index in [0.29, 0.717) is 10.9 Å². The largest absolute Gasteiger partial charge is 0.718 e. The molecule has 0 radical (unpaired) electrons. The molecule has 0 N–H and O–H groups in total. The molecule has 1 aromatic carbocycles. The third kappa shape index (κ3) is 0.895. The van der Waals surface area contributed by atoms with Crippen LogP contribution in [0.25, 0.3) is 0 Å². The Bertz CT molecular complexity index is 359. The Hall–Kier alpha value is -1.68. The molecule has 1 aromatic rings. The molecule has 1 aliphatic heterocycles. The van der Waals surface area contributed by atoms with Gasteiger partial charge in [-0.2, -0.15) is 0 Å². The zero-order valence-electron chi connectivity index (χ0n) is 6.34. The first-order valence-corrected chi connectivity index (χ1v) is 3.49. The number of hydrazone groups is 1. The van der Waals surface area contributed by atoms with Gasteiger partial charge in [-0.15, -0.1) is 0 Å². The average Bonchev–Trinajstić information content (AvgIpc) is 2.12. The summed E-state index contributed by atoms with van der Waals surface area (Å²) in [7, 11) is 0. The van der Waals surface area contributed by atoms with E-state index in [1.165, 1.54) is 6.34 Å². The van der Waals surface area contributed by atoms with Gasteiger partial charge in [0.1, 0.15) is 5.69 Å². The van der Waals surface area contributed by atoms with Crippen LogP contribution < -0.4 is 5.17 Å². The van der Waals surface area contributed by atoms with Crippen molar-refractivity contribution in [3.05, 3.63) is 29.5 Å². The van der Waals surface area contributed by atoms with Crippen LogP contribution in [0.15, 0.2) is 29.4 Å². The van der Waals surface area contributed by atoms with Crippen LogP contribution in [0.2, 0.25) is 0 Å². The van der Waals surface area contributed by atoms with E-state index < -0.39 is 0 Å². The molecule has 0 bridgehead atoms. The van der Waals surface area contributed by atoms with E-state index in [1.807, 2.05) is 12.1 Å². The fourth-order valence-corrected chi connectivity index (χ4v) is 1.10. The summed E-state index contributed by atoms with van der Waals surface area (Å²) in [5.41, 5.74) is 1.29. The number of hydrogen-bond donors (Lipinski definition) is 0. The maximum atomic E-state index is 11.1. The molecule has 0 fully saturated rings. The molecule has 0 saturated heterocycles. The Labute approximate surface area is 69.6 Å². The molecule has 2 rings (SSSR count). The summed E-state index contributed by atoms with van der Waals surface area (Å²) in [5, 5.41) is 15.2. The lowest BCUT2D eigenvalue weighted by molar-refractivity contribution is -0.284.